The Morgan fingerprint density at radius 2 is 1.96 bits per heavy atom. The standard InChI is InChI=1S/C16H18N6S.HI/c17-11-13-1-3-14(4-2-13)12-20-15(18)21-6-8-22(9-7-21)16-19-5-10-23-16;/h1-5,10H,6-9,12H2,(H2,18,20);1H. The number of nitriles is 1. The summed E-state index contributed by atoms with van der Waals surface area (Å²) in [4.78, 5) is 13.2. The van der Waals surface area contributed by atoms with Crippen LogP contribution in [0.3, 0.4) is 0 Å². The number of rotatable bonds is 3. The van der Waals surface area contributed by atoms with E-state index >= 15 is 0 Å². The molecule has 8 heteroatoms. The molecule has 1 aromatic heterocycles. The Morgan fingerprint density at radius 3 is 2.54 bits per heavy atom. The lowest BCUT2D eigenvalue weighted by Crippen LogP contribution is -2.51. The van der Waals surface area contributed by atoms with Crippen LogP contribution in [0.2, 0.25) is 0 Å². The number of thiazole rings is 1. The van der Waals surface area contributed by atoms with E-state index in [0.717, 1.165) is 36.9 Å². The third-order valence-corrected chi connectivity index (χ3v) is 4.63. The second-order valence-electron chi connectivity index (χ2n) is 5.27. The molecule has 0 amide bonds. The van der Waals surface area contributed by atoms with Crippen molar-refractivity contribution in [2.45, 2.75) is 6.54 Å². The molecule has 126 valence electrons. The Kier molecular flexibility index (Phi) is 6.81. The zero-order valence-electron chi connectivity index (χ0n) is 13.1. The van der Waals surface area contributed by atoms with Crippen LogP contribution in [0, 0.1) is 11.3 Å². The summed E-state index contributed by atoms with van der Waals surface area (Å²) in [6, 6.07) is 9.53. The highest BCUT2D eigenvalue weighted by Crippen LogP contribution is 2.18. The number of aliphatic imine (C=N–C) groups is 1. The highest BCUT2D eigenvalue weighted by molar-refractivity contribution is 14.0. The SMILES string of the molecule is I.N#Cc1ccc(CN=C(N)N2CCN(c3nccs3)CC2)cc1. The molecule has 0 bridgehead atoms. The summed E-state index contributed by atoms with van der Waals surface area (Å²) in [5.74, 6) is 0.577. The molecule has 6 nitrogen and oxygen atoms in total. The van der Waals surface area contributed by atoms with Gasteiger partial charge in [0.1, 0.15) is 0 Å². The Hall–Kier alpha value is -1.86. The Morgan fingerprint density at radius 1 is 1.25 bits per heavy atom. The average Bonchev–Trinajstić information content (AvgIpc) is 3.15. The fraction of sp³-hybridized carbons (Fsp3) is 0.312. The van der Waals surface area contributed by atoms with Crippen LogP contribution in [-0.2, 0) is 6.54 Å². The number of aromatic nitrogens is 1. The van der Waals surface area contributed by atoms with Gasteiger partial charge >= 0.3 is 0 Å². The summed E-state index contributed by atoms with van der Waals surface area (Å²) in [5.41, 5.74) is 7.81. The normalized spacial score (nSPS) is 14.9. The van der Waals surface area contributed by atoms with Gasteiger partial charge in [0.05, 0.1) is 18.2 Å². The van der Waals surface area contributed by atoms with E-state index in [1.54, 1.807) is 23.5 Å². The molecule has 24 heavy (non-hydrogen) atoms. The lowest BCUT2D eigenvalue weighted by Gasteiger charge is -2.35. The van der Waals surface area contributed by atoms with Crippen LogP contribution in [0.4, 0.5) is 5.13 Å². The van der Waals surface area contributed by atoms with Crippen molar-refractivity contribution in [2.24, 2.45) is 10.7 Å². The van der Waals surface area contributed by atoms with Gasteiger partial charge in [-0.3, -0.25) is 0 Å². The maximum absolute atomic E-state index is 8.79. The summed E-state index contributed by atoms with van der Waals surface area (Å²) < 4.78 is 0. The van der Waals surface area contributed by atoms with Gasteiger partial charge in [-0.1, -0.05) is 12.1 Å². The highest BCUT2D eigenvalue weighted by Gasteiger charge is 2.19. The molecule has 1 saturated heterocycles. The van der Waals surface area contributed by atoms with Crippen LogP contribution >= 0.6 is 35.3 Å². The molecule has 3 rings (SSSR count). The minimum Gasteiger partial charge on any atom is -0.370 e. The fourth-order valence-corrected chi connectivity index (χ4v) is 3.15. The number of hydrogen-bond acceptors (Lipinski definition) is 5. The zero-order valence-corrected chi connectivity index (χ0v) is 16.3. The molecule has 1 fully saturated rings. The van der Waals surface area contributed by atoms with Gasteiger partial charge in [0, 0.05) is 37.8 Å². The van der Waals surface area contributed by atoms with E-state index in [1.165, 1.54) is 0 Å². The van der Waals surface area contributed by atoms with Crippen molar-refractivity contribution in [1.82, 2.24) is 9.88 Å². The number of nitrogens with zero attached hydrogens (tertiary/aromatic N) is 5. The molecular formula is C16H19IN6S. The molecule has 0 spiro atoms. The summed E-state index contributed by atoms with van der Waals surface area (Å²) >= 11 is 1.66. The number of hydrogen-bond donors (Lipinski definition) is 1. The van der Waals surface area contributed by atoms with Crippen molar-refractivity contribution in [3.63, 3.8) is 0 Å². The quantitative estimate of drug-likeness (QED) is 0.437. The second kappa shape index (κ2) is 8.84. The lowest BCUT2D eigenvalue weighted by atomic mass is 10.1. The number of piperazine rings is 1. The van der Waals surface area contributed by atoms with E-state index in [4.69, 9.17) is 11.0 Å². The summed E-state index contributed by atoms with van der Waals surface area (Å²) in [6.07, 6.45) is 1.83. The van der Waals surface area contributed by atoms with Crippen molar-refractivity contribution in [2.75, 3.05) is 31.1 Å². The highest BCUT2D eigenvalue weighted by atomic mass is 127. The molecule has 0 unspecified atom stereocenters. The van der Waals surface area contributed by atoms with E-state index in [2.05, 4.69) is 25.8 Å². The first-order valence-corrected chi connectivity index (χ1v) is 8.32. The van der Waals surface area contributed by atoms with Crippen LogP contribution in [-0.4, -0.2) is 42.0 Å². The zero-order chi connectivity index (χ0) is 16.1. The third-order valence-electron chi connectivity index (χ3n) is 3.80. The summed E-state index contributed by atoms with van der Waals surface area (Å²) in [5, 5.41) is 11.9. The molecule has 2 N–H and O–H groups in total. The van der Waals surface area contributed by atoms with Gasteiger partial charge in [-0.05, 0) is 17.7 Å². The number of anilines is 1. The van der Waals surface area contributed by atoms with Crippen LogP contribution < -0.4 is 10.6 Å². The van der Waals surface area contributed by atoms with Crippen LogP contribution in [0.15, 0.2) is 40.8 Å². The Balaban J connectivity index is 0.00000208. The molecule has 0 saturated carbocycles. The van der Waals surface area contributed by atoms with Gasteiger partial charge in [-0.2, -0.15) is 5.26 Å². The molecule has 0 aliphatic carbocycles. The monoisotopic (exact) mass is 454 g/mol. The first-order valence-electron chi connectivity index (χ1n) is 7.44. The van der Waals surface area contributed by atoms with E-state index in [1.807, 2.05) is 23.7 Å². The van der Waals surface area contributed by atoms with Crippen molar-refractivity contribution in [1.29, 1.82) is 5.26 Å². The molecule has 1 aliphatic rings. The van der Waals surface area contributed by atoms with Crippen molar-refractivity contribution in [3.05, 3.63) is 47.0 Å². The van der Waals surface area contributed by atoms with Crippen LogP contribution in [0.1, 0.15) is 11.1 Å². The Bertz CT molecular complexity index is 699. The molecule has 2 aromatic rings. The van der Waals surface area contributed by atoms with E-state index in [0.29, 0.717) is 18.1 Å². The Labute approximate surface area is 162 Å². The predicted molar refractivity (Wildman–Crippen MR) is 108 cm³/mol. The lowest BCUT2D eigenvalue weighted by molar-refractivity contribution is 0.380. The van der Waals surface area contributed by atoms with Crippen molar-refractivity contribution in [3.8, 4) is 6.07 Å². The molecule has 2 heterocycles. The van der Waals surface area contributed by atoms with E-state index in [-0.39, 0.29) is 24.0 Å². The molecular weight excluding hydrogens is 435 g/mol. The van der Waals surface area contributed by atoms with Gasteiger partial charge in [-0.15, -0.1) is 35.3 Å². The number of halogens is 1. The van der Waals surface area contributed by atoms with Gasteiger partial charge in [-0.25, -0.2) is 9.98 Å². The molecule has 0 atom stereocenters. The van der Waals surface area contributed by atoms with Crippen LogP contribution in [0.25, 0.3) is 0 Å². The first-order chi connectivity index (χ1) is 11.3. The number of nitrogens with two attached hydrogens (primary N) is 1. The first kappa shape index (κ1) is 18.5. The van der Waals surface area contributed by atoms with E-state index < -0.39 is 0 Å². The summed E-state index contributed by atoms with van der Waals surface area (Å²) in [7, 11) is 0. The van der Waals surface area contributed by atoms with Gasteiger partial charge in [0.2, 0.25) is 0 Å². The molecule has 0 radical (unpaired) electrons. The maximum atomic E-state index is 8.79. The second-order valence-corrected chi connectivity index (χ2v) is 6.14. The number of benzene rings is 1. The molecule has 1 aliphatic heterocycles. The van der Waals surface area contributed by atoms with E-state index in [9.17, 15) is 0 Å². The minimum atomic E-state index is 0. The fourth-order valence-electron chi connectivity index (χ4n) is 2.46. The van der Waals surface area contributed by atoms with Crippen molar-refractivity contribution >= 4 is 46.4 Å². The number of guanidine groups is 1. The smallest absolute Gasteiger partial charge is 0.191 e. The molecule has 1 aromatic carbocycles. The predicted octanol–water partition coefficient (Wildman–Crippen LogP) is 2.27. The average molecular weight is 454 g/mol. The largest absolute Gasteiger partial charge is 0.370 e. The minimum absolute atomic E-state index is 0. The van der Waals surface area contributed by atoms with Crippen molar-refractivity contribution < 1.29 is 0 Å². The maximum Gasteiger partial charge on any atom is 0.191 e. The topological polar surface area (TPSA) is 81.5 Å². The van der Waals surface area contributed by atoms with Gasteiger partial charge in [0.15, 0.2) is 11.1 Å². The summed E-state index contributed by atoms with van der Waals surface area (Å²) in [6.45, 7) is 4.04. The third kappa shape index (κ3) is 4.58. The van der Waals surface area contributed by atoms with Crippen LogP contribution in [0.5, 0.6) is 0 Å². The van der Waals surface area contributed by atoms with Gasteiger partial charge < -0.3 is 15.5 Å². The van der Waals surface area contributed by atoms with Gasteiger partial charge in [0.25, 0.3) is 0 Å².